The Bertz CT molecular complexity index is 1160. The number of hydrogen-bond donors (Lipinski definition) is 2. The number of carbonyl (C=O) groups excluding carboxylic acids is 2. The van der Waals surface area contributed by atoms with Crippen molar-refractivity contribution >= 4 is 17.6 Å². The van der Waals surface area contributed by atoms with Crippen molar-refractivity contribution in [3.63, 3.8) is 0 Å². The number of imidazole rings is 1. The Hall–Kier alpha value is -3.75. The molecule has 0 bridgehead atoms. The number of pyridine rings is 1. The van der Waals surface area contributed by atoms with E-state index in [1.54, 1.807) is 13.1 Å². The SMILES string of the molecule is Cc1cn(-c2ccc(-n3c(N)c4c(cc3=O)C(=O)NC4=O)cc2F)cn1. The van der Waals surface area contributed by atoms with Gasteiger partial charge in [0.2, 0.25) is 0 Å². The van der Waals surface area contributed by atoms with Crippen molar-refractivity contribution in [2.24, 2.45) is 0 Å². The molecule has 2 aromatic heterocycles. The molecule has 0 saturated carbocycles. The minimum absolute atomic E-state index is 0.0836. The van der Waals surface area contributed by atoms with Gasteiger partial charge in [0.05, 0.1) is 34.5 Å². The zero-order valence-corrected chi connectivity index (χ0v) is 13.5. The van der Waals surface area contributed by atoms with E-state index in [0.717, 1.165) is 22.4 Å². The number of aryl methyl sites for hydroxylation is 1. The van der Waals surface area contributed by atoms with Crippen LogP contribution in [0.1, 0.15) is 26.4 Å². The van der Waals surface area contributed by atoms with Gasteiger partial charge in [-0.3, -0.25) is 24.3 Å². The van der Waals surface area contributed by atoms with E-state index in [1.807, 2.05) is 0 Å². The van der Waals surface area contributed by atoms with Crippen LogP contribution in [0.4, 0.5) is 10.2 Å². The Balaban J connectivity index is 1.88. The van der Waals surface area contributed by atoms with E-state index in [1.165, 1.54) is 23.0 Å². The molecule has 130 valence electrons. The standard InChI is InChI=1S/C17H12FN5O3/c1-8-6-22(7-20-8)12-3-2-9(4-11(12)18)23-13(24)5-10-14(15(23)19)17(26)21-16(10)25/h2-7H,19H2,1H3,(H,21,25,26). The maximum absolute atomic E-state index is 14.6. The number of amides is 2. The predicted octanol–water partition coefficient (Wildman–Crippen LogP) is 0.937. The predicted molar refractivity (Wildman–Crippen MR) is 90.1 cm³/mol. The van der Waals surface area contributed by atoms with Gasteiger partial charge in [-0.15, -0.1) is 0 Å². The average molecular weight is 353 g/mol. The van der Waals surface area contributed by atoms with Gasteiger partial charge in [0, 0.05) is 18.3 Å². The highest BCUT2D eigenvalue weighted by Gasteiger charge is 2.31. The molecule has 0 spiro atoms. The molecular weight excluding hydrogens is 341 g/mol. The number of hydrogen-bond acceptors (Lipinski definition) is 5. The highest BCUT2D eigenvalue weighted by atomic mass is 19.1. The van der Waals surface area contributed by atoms with Crippen LogP contribution < -0.4 is 16.6 Å². The maximum atomic E-state index is 14.6. The Kier molecular flexibility index (Phi) is 3.26. The Labute approximate surface area is 145 Å². The molecule has 3 aromatic rings. The fourth-order valence-corrected chi connectivity index (χ4v) is 2.94. The number of nitrogens with one attached hydrogen (secondary N) is 1. The molecule has 2 amide bonds. The quantitative estimate of drug-likeness (QED) is 0.666. The lowest BCUT2D eigenvalue weighted by atomic mass is 10.1. The number of anilines is 1. The van der Waals surface area contributed by atoms with E-state index in [-0.39, 0.29) is 28.3 Å². The van der Waals surface area contributed by atoms with Crippen molar-refractivity contribution in [1.29, 1.82) is 0 Å². The fourth-order valence-electron chi connectivity index (χ4n) is 2.94. The first-order valence-electron chi connectivity index (χ1n) is 7.59. The molecule has 0 aliphatic carbocycles. The first-order valence-corrected chi connectivity index (χ1v) is 7.59. The van der Waals surface area contributed by atoms with Crippen molar-refractivity contribution in [2.45, 2.75) is 6.92 Å². The van der Waals surface area contributed by atoms with Crippen LogP contribution >= 0.6 is 0 Å². The van der Waals surface area contributed by atoms with Crippen molar-refractivity contribution in [3.8, 4) is 11.4 Å². The third kappa shape index (κ3) is 2.21. The van der Waals surface area contributed by atoms with Crippen LogP contribution in [-0.4, -0.2) is 25.9 Å². The first-order chi connectivity index (χ1) is 12.4. The van der Waals surface area contributed by atoms with Gasteiger partial charge in [0.15, 0.2) is 0 Å². The van der Waals surface area contributed by atoms with Crippen molar-refractivity contribution in [3.05, 3.63) is 69.8 Å². The van der Waals surface area contributed by atoms with Crippen molar-refractivity contribution < 1.29 is 14.0 Å². The zero-order valence-electron chi connectivity index (χ0n) is 13.5. The number of rotatable bonds is 2. The Morgan fingerprint density at radius 1 is 1.15 bits per heavy atom. The smallest absolute Gasteiger partial charge is 0.262 e. The summed E-state index contributed by atoms with van der Waals surface area (Å²) in [7, 11) is 0. The summed E-state index contributed by atoms with van der Waals surface area (Å²) >= 11 is 0. The summed E-state index contributed by atoms with van der Waals surface area (Å²) < 4.78 is 17.1. The molecule has 0 radical (unpaired) electrons. The molecule has 1 aliphatic rings. The van der Waals surface area contributed by atoms with Crippen molar-refractivity contribution in [1.82, 2.24) is 19.4 Å². The summed E-state index contributed by atoms with van der Waals surface area (Å²) in [5.41, 5.74) is 6.23. The third-order valence-corrected chi connectivity index (χ3v) is 4.13. The number of imide groups is 1. The Morgan fingerprint density at radius 3 is 2.58 bits per heavy atom. The van der Waals surface area contributed by atoms with E-state index < -0.39 is 23.2 Å². The number of carbonyl (C=O) groups is 2. The van der Waals surface area contributed by atoms with Gasteiger partial charge in [0.1, 0.15) is 11.6 Å². The van der Waals surface area contributed by atoms with E-state index in [4.69, 9.17) is 5.73 Å². The van der Waals surface area contributed by atoms with Crippen LogP contribution in [0.15, 0.2) is 41.6 Å². The maximum Gasteiger partial charge on any atom is 0.262 e. The number of halogens is 1. The van der Waals surface area contributed by atoms with Crippen LogP contribution in [-0.2, 0) is 0 Å². The summed E-state index contributed by atoms with van der Waals surface area (Å²) in [4.78, 5) is 40.0. The molecule has 0 unspecified atom stereocenters. The molecule has 3 N–H and O–H groups in total. The third-order valence-electron chi connectivity index (χ3n) is 4.13. The summed E-state index contributed by atoms with van der Waals surface area (Å²) in [6.07, 6.45) is 3.13. The lowest BCUT2D eigenvalue weighted by Gasteiger charge is -2.13. The largest absolute Gasteiger partial charge is 0.384 e. The molecule has 0 atom stereocenters. The van der Waals surface area contributed by atoms with E-state index in [2.05, 4.69) is 10.3 Å². The fraction of sp³-hybridized carbons (Fsp3) is 0.0588. The summed E-state index contributed by atoms with van der Waals surface area (Å²) in [5, 5.41) is 2.08. The molecule has 26 heavy (non-hydrogen) atoms. The molecule has 0 saturated heterocycles. The van der Waals surface area contributed by atoms with Gasteiger partial charge in [0.25, 0.3) is 17.4 Å². The lowest BCUT2D eigenvalue weighted by Crippen LogP contribution is -2.24. The van der Waals surface area contributed by atoms with Gasteiger partial charge in [-0.25, -0.2) is 9.37 Å². The van der Waals surface area contributed by atoms with Gasteiger partial charge >= 0.3 is 0 Å². The number of nitrogens with two attached hydrogens (primary N) is 1. The average Bonchev–Trinajstić information content (AvgIpc) is 3.11. The first kappa shape index (κ1) is 15.8. The molecule has 0 fully saturated rings. The van der Waals surface area contributed by atoms with Crippen LogP contribution in [0.25, 0.3) is 11.4 Å². The summed E-state index contributed by atoms with van der Waals surface area (Å²) in [6.45, 7) is 1.78. The number of aromatic nitrogens is 3. The topological polar surface area (TPSA) is 112 Å². The second-order valence-corrected chi connectivity index (χ2v) is 5.83. The van der Waals surface area contributed by atoms with Crippen molar-refractivity contribution in [2.75, 3.05) is 5.73 Å². The van der Waals surface area contributed by atoms with E-state index in [0.29, 0.717) is 0 Å². The van der Waals surface area contributed by atoms with Gasteiger partial charge in [-0.05, 0) is 19.1 Å². The number of nitrogens with zero attached hydrogens (tertiary/aromatic N) is 3. The van der Waals surface area contributed by atoms with Crippen LogP contribution in [0.3, 0.4) is 0 Å². The second kappa shape index (κ2) is 5.38. The molecule has 3 heterocycles. The summed E-state index contributed by atoms with van der Waals surface area (Å²) in [6, 6.07) is 5.10. The minimum Gasteiger partial charge on any atom is -0.384 e. The molecule has 8 nitrogen and oxygen atoms in total. The number of fused-ring (bicyclic) bond motifs is 1. The van der Waals surface area contributed by atoms with E-state index >= 15 is 0 Å². The molecule has 4 rings (SSSR count). The lowest BCUT2D eigenvalue weighted by molar-refractivity contribution is 0.0880. The molecule has 1 aliphatic heterocycles. The molecule has 1 aromatic carbocycles. The number of nitrogen functional groups attached to an aromatic ring is 1. The highest BCUT2D eigenvalue weighted by molar-refractivity contribution is 6.23. The number of benzene rings is 1. The normalized spacial score (nSPS) is 13.0. The Morgan fingerprint density at radius 2 is 1.92 bits per heavy atom. The van der Waals surface area contributed by atoms with Crippen LogP contribution in [0.5, 0.6) is 0 Å². The monoisotopic (exact) mass is 353 g/mol. The van der Waals surface area contributed by atoms with E-state index in [9.17, 15) is 18.8 Å². The highest BCUT2D eigenvalue weighted by Crippen LogP contribution is 2.24. The summed E-state index contributed by atoms with van der Waals surface area (Å²) in [5.74, 6) is -2.20. The van der Waals surface area contributed by atoms with Gasteiger partial charge in [-0.2, -0.15) is 0 Å². The van der Waals surface area contributed by atoms with Gasteiger partial charge < -0.3 is 10.3 Å². The van der Waals surface area contributed by atoms with Crippen LogP contribution in [0, 0.1) is 12.7 Å². The van der Waals surface area contributed by atoms with Crippen LogP contribution in [0.2, 0.25) is 0 Å². The van der Waals surface area contributed by atoms with Gasteiger partial charge in [-0.1, -0.05) is 0 Å². The molecule has 9 heteroatoms. The molecular formula is C17H12FN5O3. The minimum atomic E-state index is -0.692. The second-order valence-electron chi connectivity index (χ2n) is 5.83. The zero-order chi connectivity index (χ0) is 18.6.